The number of carbonyl (C=O) groups excluding carboxylic acids is 1. The molecule has 3 aromatic heterocycles. The molecule has 0 amide bonds. The van der Waals surface area contributed by atoms with Gasteiger partial charge in [0.1, 0.15) is 16.9 Å². The zero-order chi connectivity index (χ0) is 21.3. The zero-order valence-electron chi connectivity index (χ0n) is 17.5. The third-order valence-electron chi connectivity index (χ3n) is 4.26. The Morgan fingerprint density at radius 1 is 1.28 bits per heavy atom. The Hall–Kier alpha value is -3.16. The van der Waals surface area contributed by atoms with Gasteiger partial charge in [-0.25, -0.2) is 19.3 Å². The molecule has 0 aliphatic heterocycles. The van der Waals surface area contributed by atoms with E-state index in [-0.39, 0.29) is 17.8 Å². The molecule has 3 heterocycles. The van der Waals surface area contributed by atoms with Crippen molar-refractivity contribution in [3.05, 3.63) is 52.3 Å². The molecule has 0 aliphatic carbocycles. The van der Waals surface area contributed by atoms with Crippen molar-refractivity contribution in [2.45, 2.75) is 53.2 Å². The predicted molar refractivity (Wildman–Crippen MR) is 112 cm³/mol. The monoisotopic (exact) mass is 397 g/mol. The Bertz CT molecular complexity index is 1110. The Morgan fingerprint density at radius 3 is 2.66 bits per heavy atom. The lowest BCUT2D eigenvalue weighted by molar-refractivity contribution is 0.0537. The highest BCUT2D eigenvalue weighted by Gasteiger charge is 2.25. The summed E-state index contributed by atoms with van der Waals surface area (Å²) in [4.78, 5) is 34.4. The number of nitrogens with two attached hydrogens (primary N) is 1. The molecule has 0 aromatic carbocycles. The molecule has 0 unspecified atom stereocenters. The van der Waals surface area contributed by atoms with Crippen LogP contribution in [0.2, 0.25) is 0 Å². The number of aromatic nitrogens is 4. The van der Waals surface area contributed by atoms with Gasteiger partial charge in [-0.15, -0.1) is 0 Å². The number of rotatable bonds is 4. The second kappa shape index (κ2) is 7.69. The summed E-state index contributed by atoms with van der Waals surface area (Å²) in [6, 6.07) is 5.13. The van der Waals surface area contributed by atoms with Crippen molar-refractivity contribution in [1.29, 1.82) is 0 Å². The van der Waals surface area contributed by atoms with E-state index in [1.165, 1.54) is 15.2 Å². The van der Waals surface area contributed by atoms with Crippen LogP contribution in [0.5, 0.6) is 0 Å². The Kier molecular flexibility index (Phi) is 5.46. The summed E-state index contributed by atoms with van der Waals surface area (Å²) >= 11 is 0. The number of nitrogens with zero attached hydrogens (tertiary/aromatic N) is 4. The molecule has 8 nitrogen and oxygen atoms in total. The third-order valence-corrected chi connectivity index (χ3v) is 4.26. The maximum Gasteiger partial charge on any atom is 0.421 e. The number of pyridine rings is 2. The number of carbonyl (C=O) groups is 1. The molecular weight excluding hydrogens is 370 g/mol. The van der Waals surface area contributed by atoms with Crippen molar-refractivity contribution in [2.75, 3.05) is 5.73 Å². The molecule has 0 saturated carbocycles. The van der Waals surface area contributed by atoms with Crippen LogP contribution >= 0.6 is 0 Å². The maximum atomic E-state index is 13.0. The van der Waals surface area contributed by atoms with Crippen molar-refractivity contribution < 1.29 is 9.53 Å². The summed E-state index contributed by atoms with van der Waals surface area (Å²) in [7, 11) is 0. The fourth-order valence-corrected chi connectivity index (χ4v) is 3.11. The quantitative estimate of drug-likeness (QED) is 0.725. The first-order valence-corrected chi connectivity index (χ1v) is 9.60. The number of fused-ring (bicyclic) bond motifs is 1. The Morgan fingerprint density at radius 2 is 2.00 bits per heavy atom. The van der Waals surface area contributed by atoms with Gasteiger partial charge < -0.3 is 15.0 Å². The third kappa shape index (κ3) is 4.47. The van der Waals surface area contributed by atoms with Crippen LogP contribution in [0.4, 0.5) is 10.5 Å². The first-order chi connectivity index (χ1) is 13.6. The van der Waals surface area contributed by atoms with Crippen LogP contribution < -0.4 is 11.3 Å². The van der Waals surface area contributed by atoms with Crippen LogP contribution in [0.25, 0.3) is 11.2 Å². The standard InChI is InChI=1S/C21H27N5O3/c1-13(2)11-14-8-9-23-18-17(14)24-16(26(18)20(28)29-21(3,4)5)12-25-10-6-7-15(22)19(25)27/h6-10,13H,11-12,22H2,1-5H3. The normalized spacial score (nSPS) is 11.9. The molecule has 0 fully saturated rings. The van der Waals surface area contributed by atoms with E-state index in [9.17, 15) is 9.59 Å². The zero-order valence-corrected chi connectivity index (χ0v) is 17.5. The highest BCUT2D eigenvalue weighted by molar-refractivity contribution is 5.86. The summed E-state index contributed by atoms with van der Waals surface area (Å²) in [5.74, 6) is 0.776. The fourth-order valence-electron chi connectivity index (χ4n) is 3.11. The van der Waals surface area contributed by atoms with Crippen molar-refractivity contribution in [3.8, 4) is 0 Å². The smallest absolute Gasteiger partial charge is 0.421 e. The summed E-state index contributed by atoms with van der Waals surface area (Å²) in [5.41, 5.74) is 6.90. The minimum absolute atomic E-state index is 0.0700. The van der Waals surface area contributed by atoms with Gasteiger partial charge in [0.05, 0.1) is 12.2 Å². The van der Waals surface area contributed by atoms with Crippen LogP contribution in [-0.2, 0) is 17.7 Å². The van der Waals surface area contributed by atoms with Gasteiger partial charge in [-0.2, -0.15) is 0 Å². The van der Waals surface area contributed by atoms with Crippen molar-refractivity contribution in [2.24, 2.45) is 5.92 Å². The molecular formula is C21H27N5O3. The second-order valence-electron chi connectivity index (χ2n) is 8.48. The molecule has 0 bridgehead atoms. The number of ether oxygens (including phenoxy) is 1. The molecule has 0 radical (unpaired) electrons. The lowest BCUT2D eigenvalue weighted by Gasteiger charge is -2.20. The Labute approximate surface area is 169 Å². The number of hydrogen-bond donors (Lipinski definition) is 1. The molecule has 3 rings (SSSR count). The molecule has 0 atom stereocenters. The van der Waals surface area contributed by atoms with Crippen molar-refractivity contribution in [1.82, 2.24) is 19.1 Å². The van der Waals surface area contributed by atoms with Crippen LogP contribution in [0.1, 0.15) is 46.0 Å². The molecule has 2 N–H and O–H groups in total. The van der Waals surface area contributed by atoms with E-state index in [4.69, 9.17) is 10.5 Å². The van der Waals surface area contributed by atoms with E-state index in [1.54, 1.807) is 39.2 Å². The SMILES string of the molecule is CC(C)Cc1ccnc2c1nc(Cn1cccc(N)c1=O)n2C(=O)OC(C)(C)C. The first kappa shape index (κ1) is 20.6. The summed E-state index contributed by atoms with van der Waals surface area (Å²) in [6.45, 7) is 9.69. The van der Waals surface area contributed by atoms with Gasteiger partial charge in [-0.05, 0) is 56.9 Å². The topological polar surface area (TPSA) is 105 Å². The van der Waals surface area contributed by atoms with E-state index in [1.807, 2.05) is 6.07 Å². The summed E-state index contributed by atoms with van der Waals surface area (Å²) in [6.07, 6.45) is 3.49. The minimum atomic E-state index is -0.686. The summed E-state index contributed by atoms with van der Waals surface area (Å²) in [5, 5.41) is 0. The van der Waals surface area contributed by atoms with E-state index >= 15 is 0 Å². The van der Waals surface area contributed by atoms with Gasteiger partial charge in [0.2, 0.25) is 0 Å². The molecule has 0 spiro atoms. The highest BCUT2D eigenvalue weighted by atomic mass is 16.6. The molecule has 0 saturated heterocycles. The molecule has 29 heavy (non-hydrogen) atoms. The van der Waals surface area contributed by atoms with E-state index < -0.39 is 11.7 Å². The Balaban J connectivity index is 2.18. The number of nitrogen functional groups attached to an aromatic ring is 1. The molecule has 0 aliphatic rings. The average Bonchev–Trinajstić information content (AvgIpc) is 2.96. The van der Waals surface area contributed by atoms with Crippen LogP contribution in [-0.4, -0.2) is 30.8 Å². The largest absolute Gasteiger partial charge is 0.443 e. The highest BCUT2D eigenvalue weighted by Crippen LogP contribution is 2.22. The van der Waals surface area contributed by atoms with Crippen LogP contribution in [0.15, 0.2) is 35.4 Å². The lowest BCUT2D eigenvalue weighted by atomic mass is 10.0. The van der Waals surface area contributed by atoms with Crippen LogP contribution in [0.3, 0.4) is 0 Å². The number of hydrogen-bond acceptors (Lipinski definition) is 6. The average molecular weight is 397 g/mol. The van der Waals surface area contributed by atoms with E-state index in [0.29, 0.717) is 22.9 Å². The lowest BCUT2D eigenvalue weighted by Crippen LogP contribution is -2.30. The molecule has 154 valence electrons. The van der Waals surface area contributed by atoms with Gasteiger partial charge in [-0.1, -0.05) is 13.8 Å². The second-order valence-corrected chi connectivity index (χ2v) is 8.48. The van der Waals surface area contributed by atoms with Crippen molar-refractivity contribution in [3.63, 3.8) is 0 Å². The van der Waals surface area contributed by atoms with Gasteiger partial charge in [0, 0.05) is 12.4 Å². The number of imidazole rings is 1. The molecule has 8 heteroatoms. The first-order valence-electron chi connectivity index (χ1n) is 9.60. The van der Waals surface area contributed by atoms with E-state index in [2.05, 4.69) is 23.8 Å². The van der Waals surface area contributed by atoms with Gasteiger partial charge >= 0.3 is 6.09 Å². The van der Waals surface area contributed by atoms with Crippen LogP contribution in [0, 0.1) is 5.92 Å². The van der Waals surface area contributed by atoms with Gasteiger partial charge in [-0.3, -0.25) is 4.79 Å². The van der Waals surface area contributed by atoms with Gasteiger partial charge in [0.25, 0.3) is 5.56 Å². The van der Waals surface area contributed by atoms with Crippen molar-refractivity contribution >= 4 is 22.9 Å². The molecule has 3 aromatic rings. The summed E-state index contributed by atoms with van der Waals surface area (Å²) < 4.78 is 8.34. The van der Waals surface area contributed by atoms with Gasteiger partial charge in [0.15, 0.2) is 5.65 Å². The maximum absolute atomic E-state index is 13.0. The minimum Gasteiger partial charge on any atom is -0.443 e. The number of anilines is 1. The predicted octanol–water partition coefficient (Wildman–Crippen LogP) is 3.21. The van der Waals surface area contributed by atoms with E-state index in [0.717, 1.165) is 12.0 Å². The fraction of sp³-hybridized carbons (Fsp3) is 0.429.